The Kier molecular flexibility index (Phi) is 3.74. The van der Waals surface area contributed by atoms with Gasteiger partial charge in [0.1, 0.15) is 11.4 Å². The van der Waals surface area contributed by atoms with E-state index < -0.39 is 35.8 Å². The normalized spacial score (nSPS) is 14.4. The van der Waals surface area contributed by atoms with Gasteiger partial charge in [-0.15, -0.1) is 0 Å². The number of hydrogen-bond acceptors (Lipinski definition) is 7. The van der Waals surface area contributed by atoms with Gasteiger partial charge in [0.05, 0.1) is 26.6 Å². The quantitative estimate of drug-likeness (QED) is 0.461. The van der Waals surface area contributed by atoms with Gasteiger partial charge in [0.2, 0.25) is 5.78 Å². The maximum absolute atomic E-state index is 12.6. The molecule has 4 N–H and O–H groups in total. The summed E-state index contributed by atoms with van der Waals surface area (Å²) in [5.41, 5.74) is -0.125. The Balaban J connectivity index is 1.88. The summed E-state index contributed by atoms with van der Waals surface area (Å²) < 4.78 is 63.3. The van der Waals surface area contributed by atoms with Crippen molar-refractivity contribution in [2.24, 2.45) is 4.99 Å². The molecule has 4 rings (SSSR count). The van der Waals surface area contributed by atoms with Crippen LogP contribution < -0.4 is 0 Å². The van der Waals surface area contributed by atoms with Crippen LogP contribution in [0.5, 0.6) is 5.75 Å². The van der Waals surface area contributed by atoms with Gasteiger partial charge in [-0.3, -0.25) is 13.9 Å². The van der Waals surface area contributed by atoms with Crippen molar-refractivity contribution in [2.75, 3.05) is 0 Å². The van der Waals surface area contributed by atoms with E-state index in [1.807, 2.05) is 0 Å². The molecule has 28 heavy (non-hydrogen) atoms. The molecule has 0 spiro atoms. The van der Waals surface area contributed by atoms with Crippen LogP contribution in [0.25, 0.3) is 10.9 Å². The molecule has 0 amide bonds. The number of fused-ring (bicyclic) bond motifs is 2. The lowest BCUT2D eigenvalue weighted by Gasteiger charge is -1.99. The molecule has 0 unspecified atom stereocenters. The van der Waals surface area contributed by atoms with Gasteiger partial charge in [-0.2, -0.15) is 16.8 Å². The molecule has 0 fully saturated rings. The lowest BCUT2D eigenvalue weighted by atomic mass is 10.1. The molecular formula is C16H10N2O8S2. The van der Waals surface area contributed by atoms with Gasteiger partial charge >= 0.3 is 0 Å². The summed E-state index contributed by atoms with van der Waals surface area (Å²) in [4.78, 5) is 18.5. The number of carbonyl (C=O) groups is 1. The average Bonchev–Trinajstić information content (AvgIpc) is 3.10. The minimum absolute atomic E-state index is 0.00759. The second-order valence-electron chi connectivity index (χ2n) is 5.97. The fourth-order valence-corrected chi connectivity index (χ4v) is 3.93. The van der Waals surface area contributed by atoms with Gasteiger partial charge in [-0.05, 0) is 36.4 Å². The molecule has 0 saturated carbocycles. The number of aromatic amines is 1. The molecule has 2 aromatic carbocycles. The first-order valence-electron chi connectivity index (χ1n) is 7.54. The van der Waals surface area contributed by atoms with Gasteiger partial charge in [0, 0.05) is 5.39 Å². The van der Waals surface area contributed by atoms with Crippen LogP contribution in [-0.4, -0.2) is 47.5 Å². The second kappa shape index (κ2) is 5.72. The molecule has 3 aromatic rings. The Morgan fingerprint density at radius 3 is 2.14 bits per heavy atom. The van der Waals surface area contributed by atoms with E-state index in [1.165, 1.54) is 12.1 Å². The smallest absolute Gasteiger partial charge is 0.294 e. The predicted molar refractivity (Wildman–Crippen MR) is 96.6 cm³/mol. The van der Waals surface area contributed by atoms with Crippen molar-refractivity contribution >= 4 is 48.3 Å². The minimum Gasteiger partial charge on any atom is -0.505 e. The van der Waals surface area contributed by atoms with Crippen LogP contribution in [0, 0.1) is 0 Å². The maximum Gasteiger partial charge on any atom is 0.294 e. The highest BCUT2D eigenvalue weighted by molar-refractivity contribution is 7.86. The molecule has 0 aliphatic carbocycles. The molecule has 144 valence electrons. The zero-order valence-electron chi connectivity index (χ0n) is 13.6. The molecule has 0 bridgehead atoms. The first-order valence-corrected chi connectivity index (χ1v) is 10.4. The van der Waals surface area contributed by atoms with Crippen LogP contribution in [0.1, 0.15) is 16.1 Å². The van der Waals surface area contributed by atoms with Crippen LogP contribution in [-0.2, 0) is 20.2 Å². The van der Waals surface area contributed by atoms with E-state index >= 15 is 0 Å². The van der Waals surface area contributed by atoms with Crippen LogP contribution in [0.15, 0.2) is 51.2 Å². The number of nitrogens with zero attached hydrogens (tertiary/aromatic N) is 1. The van der Waals surface area contributed by atoms with E-state index in [9.17, 15) is 26.7 Å². The zero-order chi connectivity index (χ0) is 20.4. The number of hydrogen-bond donors (Lipinski definition) is 4. The van der Waals surface area contributed by atoms with E-state index in [0.29, 0.717) is 0 Å². The average molecular weight is 422 g/mol. The van der Waals surface area contributed by atoms with Gasteiger partial charge in [0.25, 0.3) is 20.2 Å². The number of Topliss-reactive ketones (excluding diaryl/α,β-unsaturated/α-hetero) is 1. The minimum atomic E-state index is -4.49. The summed E-state index contributed by atoms with van der Waals surface area (Å²) in [6.07, 6.45) is 0. The van der Waals surface area contributed by atoms with Crippen LogP contribution in [0.4, 0.5) is 5.69 Å². The Bertz CT molecular complexity index is 1430. The topological polar surface area (TPSA) is 174 Å². The van der Waals surface area contributed by atoms with E-state index in [4.69, 9.17) is 9.11 Å². The van der Waals surface area contributed by atoms with E-state index in [1.54, 1.807) is 0 Å². The number of nitrogens with one attached hydrogen (secondary N) is 1. The lowest BCUT2D eigenvalue weighted by molar-refractivity contribution is 0.106. The lowest BCUT2D eigenvalue weighted by Crippen LogP contribution is -2.11. The van der Waals surface area contributed by atoms with Gasteiger partial charge in [0.15, 0.2) is 5.75 Å². The molecule has 0 saturated heterocycles. The van der Waals surface area contributed by atoms with Crippen LogP contribution >= 0.6 is 0 Å². The molecule has 0 atom stereocenters. The van der Waals surface area contributed by atoms with Crippen molar-refractivity contribution < 1.29 is 35.8 Å². The summed E-state index contributed by atoms with van der Waals surface area (Å²) in [6.45, 7) is 0. The van der Waals surface area contributed by atoms with Gasteiger partial charge < -0.3 is 10.1 Å². The number of aromatic nitrogens is 1. The fraction of sp³-hybridized carbons (Fsp3) is 0. The summed E-state index contributed by atoms with van der Waals surface area (Å²) in [5, 5.41) is 10.6. The largest absolute Gasteiger partial charge is 0.505 e. The SMILES string of the molecule is O=C1C(c2[nH]c3cc(S(=O)(=O)O)ccc3c2O)=Nc2cc(S(=O)(=O)O)ccc21. The highest BCUT2D eigenvalue weighted by atomic mass is 32.2. The number of aliphatic imine (C=N–C) groups is 1. The summed E-state index contributed by atoms with van der Waals surface area (Å²) in [7, 11) is -8.96. The van der Waals surface area contributed by atoms with Crippen molar-refractivity contribution in [3.8, 4) is 5.75 Å². The number of benzene rings is 2. The van der Waals surface area contributed by atoms with Gasteiger partial charge in [-0.1, -0.05) is 0 Å². The number of H-pyrrole nitrogens is 1. The third kappa shape index (κ3) is 2.79. The highest BCUT2D eigenvalue weighted by Gasteiger charge is 2.31. The second-order valence-corrected chi connectivity index (χ2v) is 8.82. The van der Waals surface area contributed by atoms with E-state index in [-0.39, 0.29) is 39.3 Å². The highest BCUT2D eigenvalue weighted by Crippen LogP contribution is 2.36. The van der Waals surface area contributed by atoms with Crippen molar-refractivity contribution in [3.05, 3.63) is 47.7 Å². The van der Waals surface area contributed by atoms with Crippen LogP contribution in [0.3, 0.4) is 0 Å². The third-order valence-electron chi connectivity index (χ3n) is 4.24. The number of ketones is 1. The van der Waals surface area contributed by atoms with E-state index in [0.717, 1.165) is 24.3 Å². The van der Waals surface area contributed by atoms with Crippen LogP contribution in [0.2, 0.25) is 0 Å². The number of carbonyl (C=O) groups excluding carboxylic acids is 1. The van der Waals surface area contributed by atoms with E-state index in [2.05, 4.69) is 9.98 Å². The number of rotatable bonds is 3. The van der Waals surface area contributed by atoms with Crippen molar-refractivity contribution in [2.45, 2.75) is 9.79 Å². The Morgan fingerprint density at radius 1 is 0.893 bits per heavy atom. The van der Waals surface area contributed by atoms with Gasteiger partial charge in [-0.25, -0.2) is 4.99 Å². The Morgan fingerprint density at radius 2 is 1.50 bits per heavy atom. The first-order chi connectivity index (χ1) is 13.0. The summed E-state index contributed by atoms with van der Waals surface area (Å²) in [6, 6.07) is 6.67. The Hall–Kier alpha value is -3.06. The van der Waals surface area contributed by atoms with Crippen molar-refractivity contribution in [1.29, 1.82) is 0 Å². The number of aromatic hydroxyl groups is 1. The molecular weight excluding hydrogens is 412 g/mol. The van der Waals surface area contributed by atoms with Crippen molar-refractivity contribution in [3.63, 3.8) is 0 Å². The first kappa shape index (κ1) is 18.3. The monoisotopic (exact) mass is 422 g/mol. The summed E-state index contributed by atoms with van der Waals surface area (Å²) >= 11 is 0. The standard InChI is InChI=1S/C16H10N2O8S2/c19-15-9-3-1-7(27(21,22)23)5-11(9)17-13(15)14-16(20)10-4-2-8(28(24,25)26)6-12(10)18-14/h1-6,17,19H,(H,21,22,23)(H,24,25,26). The third-order valence-corrected chi connectivity index (χ3v) is 5.94. The molecule has 12 heteroatoms. The maximum atomic E-state index is 12.6. The molecule has 1 aromatic heterocycles. The molecule has 1 aliphatic heterocycles. The Labute approximate surface area is 157 Å². The molecule has 0 radical (unpaired) electrons. The molecule has 1 aliphatic rings. The predicted octanol–water partition coefficient (Wildman–Crippen LogP) is 1.68. The summed E-state index contributed by atoms with van der Waals surface area (Å²) in [5.74, 6) is -0.972. The zero-order valence-corrected chi connectivity index (χ0v) is 15.2. The molecule has 10 nitrogen and oxygen atoms in total. The molecule has 2 heterocycles. The van der Waals surface area contributed by atoms with Crippen molar-refractivity contribution in [1.82, 2.24) is 4.98 Å². The fourth-order valence-electron chi connectivity index (χ4n) is 2.92.